The van der Waals surface area contributed by atoms with Crippen molar-refractivity contribution in [2.24, 2.45) is 43.5 Å². The maximum Gasteiger partial charge on any atom is 0.285 e. The zero-order valence-electron chi connectivity index (χ0n) is 23.7. The molecule has 1 aromatic rings. The van der Waals surface area contributed by atoms with Crippen LogP contribution in [0.5, 0.6) is 0 Å². The zero-order chi connectivity index (χ0) is 27.4. The number of rotatable bonds is 10. The van der Waals surface area contributed by atoms with Gasteiger partial charge in [-0.05, 0) is 60.8 Å². The first-order valence-corrected chi connectivity index (χ1v) is 16.0. The first kappa shape index (κ1) is 27.6. The summed E-state index contributed by atoms with van der Waals surface area (Å²) in [5.74, 6) is 2.85. The number of nitrogens with zero attached hydrogens (tertiary/aromatic N) is 2. The van der Waals surface area contributed by atoms with Crippen LogP contribution in [0.4, 0.5) is 0 Å². The van der Waals surface area contributed by atoms with Crippen LogP contribution in [-0.2, 0) is 25.1 Å². The van der Waals surface area contributed by atoms with Gasteiger partial charge in [-0.15, -0.1) is 0 Å². The summed E-state index contributed by atoms with van der Waals surface area (Å²) in [6.07, 6.45) is 5.37. The van der Waals surface area contributed by atoms with E-state index in [1.807, 2.05) is 37.3 Å². The van der Waals surface area contributed by atoms with Gasteiger partial charge < -0.3 is 4.52 Å². The van der Waals surface area contributed by atoms with Gasteiger partial charge in [-0.25, -0.2) is 0 Å². The molecule has 4 fully saturated rings. The molecule has 6 nitrogen and oxygen atoms in total. The van der Waals surface area contributed by atoms with Gasteiger partial charge in [0.2, 0.25) is 0 Å². The molecule has 5 atom stereocenters. The van der Waals surface area contributed by atoms with E-state index in [2.05, 4.69) is 27.7 Å². The Balaban J connectivity index is 1.48. The second-order valence-electron chi connectivity index (χ2n) is 13.2. The molecule has 7 heteroatoms. The van der Waals surface area contributed by atoms with E-state index < -0.39 is 18.2 Å². The normalized spacial score (nSPS) is 34.9. The number of Topliss-reactive ketones (excluding diaryl/α,β-unsaturated/α-hetero) is 2. The molecule has 4 bridgehead atoms. The van der Waals surface area contributed by atoms with E-state index in [-0.39, 0.29) is 23.2 Å². The highest BCUT2D eigenvalue weighted by Crippen LogP contribution is 2.65. The predicted molar refractivity (Wildman–Crippen MR) is 152 cm³/mol. The molecular weight excluding hydrogens is 495 g/mol. The molecule has 0 saturated heterocycles. The molecule has 5 rings (SSSR count). The molecule has 0 amide bonds. The Hall–Kier alpha value is -1.91. The van der Waals surface area contributed by atoms with Crippen LogP contribution >= 0.6 is 7.37 Å². The number of carbonyl (C=O) groups excluding carboxylic acids is 2. The van der Waals surface area contributed by atoms with E-state index in [1.165, 1.54) is 5.96 Å². The van der Waals surface area contributed by atoms with Gasteiger partial charge in [0.15, 0.2) is 0 Å². The Morgan fingerprint density at radius 3 is 1.97 bits per heavy atom. The Kier molecular flexibility index (Phi) is 7.00. The van der Waals surface area contributed by atoms with Crippen LogP contribution in [0, 0.1) is 33.5 Å². The number of fused-ring (bicyclic) bond motifs is 4. The monoisotopic (exact) mass is 538 g/mol. The Morgan fingerprint density at radius 1 is 0.947 bits per heavy atom. The van der Waals surface area contributed by atoms with Crippen molar-refractivity contribution in [2.45, 2.75) is 79.6 Å². The summed E-state index contributed by atoms with van der Waals surface area (Å²) >= 11 is 0. The quantitative estimate of drug-likeness (QED) is 0.243. The fourth-order valence-corrected chi connectivity index (χ4v) is 9.92. The summed E-state index contributed by atoms with van der Waals surface area (Å²) in [6, 6.07) is 9.86. The van der Waals surface area contributed by atoms with Crippen molar-refractivity contribution in [3.63, 3.8) is 0 Å². The first-order valence-electron chi connectivity index (χ1n) is 14.3. The van der Waals surface area contributed by atoms with Crippen molar-refractivity contribution in [3.8, 4) is 0 Å². The molecule has 0 aromatic heterocycles. The van der Waals surface area contributed by atoms with Gasteiger partial charge >= 0.3 is 0 Å². The van der Waals surface area contributed by atoms with Crippen molar-refractivity contribution < 1.29 is 18.7 Å². The van der Waals surface area contributed by atoms with E-state index >= 15 is 0 Å². The Labute approximate surface area is 227 Å². The topological polar surface area (TPSA) is 85.2 Å². The van der Waals surface area contributed by atoms with Crippen LogP contribution in [0.25, 0.3) is 0 Å². The van der Waals surface area contributed by atoms with Crippen LogP contribution in [0.15, 0.2) is 40.3 Å². The molecule has 0 heterocycles. The van der Waals surface area contributed by atoms with Crippen molar-refractivity contribution >= 4 is 30.3 Å². The second kappa shape index (κ2) is 9.63. The lowest BCUT2D eigenvalue weighted by molar-refractivity contribution is -0.129. The van der Waals surface area contributed by atoms with E-state index in [0.29, 0.717) is 55.4 Å². The number of hydrogen-bond donors (Lipinski definition) is 0. The zero-order valence-corrected chi connectivity index (χ0v) is 24.6. The molecule has 0 N–H and O–H groups in total. The van der Waals surface area contributed by atoms with Gasteiger partial charge in [-0.2, -0.15) is 0 Å². The highest BCUT2D eigenvalue weighted by atomic mass is 31.2. The van der Waals surface area contributed by atoms with Gasteiger partial charge in [0.05, 0.1) is 36.5 Å². The summed E-state index contributed by atoms with van der Waals surface area (Å²) in [5, 5.41) is 0. The molecule has 206 valence electrons. The largest absolute Gasteiger partial charge is 0.321 e. The number of carbonyl (C=O) groups is 2. The minimum Gasteiger partial charge on any atom is -0.321 e. The third kappa shape index (κ3) is 4.04. The molecule has 4 aliphatic rings. The molecule has 0 spiro atoms. The molecule has 0 radical (unpaired) electrons. The summed E-state index contributed by atoms with van der Waals surface area (Å²) in [7, 11) is -3.55. The maximum atomic E-state index is 14.5. The molecular formula is C31H43N2O4P. The maximum absolute atomic E-state index is 14.5. The van der Waals surface area contributed by atoms with E-state index in [0.717, 1.165) is 31.2 Å². The van der Waals surface area contributed by atoms with Crippen molar-refractivity contribution in [2.75, 3.05) is 19.7 Å². The third-order valence-electron chi connectivity index (χ3n) is 11.3. The van der Waals surface area contributed by atoms with E-state index in [4.69, 9.17) is 14.5 Å². The van der Waals surface area contributed by atoms with Crippen LogP contribution in [0.2, 0.25) is 0 Å². The average molecular weight is 539 g/mol. The van der Waals surface area contributed by atoms with Crippen LogP contribution in [-0.4, -0.2) is 42.7 Å². The minimum absolute atomic E-state index is 0.107. The lowest BCUT2D eigenvalue weighted by Gasteiger charge is -2.35. The van der Waals surface area contributed by atoms with Crippen LogP contribution in [0.1, 0.15) is 78.7 Å². The molecule has 5 unspecified atom stereocenters. The van der Waals surface area contributed by atoms with Gasteiger partial charge in [0.25, 0.3) is 7.37 Å². The summed E-state index contributed by atoms with van der Waals surface area (Å²) in [6.45, 7) is 11.5. The SMILES string of the molecule is CCOP(=O)(C=NCC12CCC(CC1=O)C2(C)C)C(Cc1ccccc1)=NCC12CCC(CC1=O)C2(C)C. The smallest absolute Gasteiger partial charge is 0.285 e. The average Bonchev–Trinajstić information content (AvgIpc) is 3.41. The molecule has 4 saturated carbocycles. The van der Waals surface area contributed by atoms with Gasteiger partial charge in [0.1, 0.15) is 17.0 Å². The van der Waals surface area contributed by atoms with Crippen molar-refractivity contribution in [1.82, 2.24) is 0 Å². The van der Waals surface area contributed by atoms with E-state index in [1.54, 1.807) is 0 Å². The van der Waals surface area contributed by atoms with Crippen molar-refractivity contribution in [1.29, 1.82) is 0 Å². The highest BCUT2D eigenvalue weighted by Gasteiger charge is 2.65. The predicted octanol–water partition coefficient (Wildman–Crippen LogP) is 6.76. The number of benzene rings is 1. The molecule has 1 aromatic carbocycles. The lowest BCUT2D eigenvalue weighted by Crippen LogP contribution is -2.39. The van der Waals surface area contributed by atoms with E-state index in [9.17, 15) is 14.2 Å². The first-order chi connectivity index (χ1) is 17.9. The minimum atomic E-state index is -3.55. The van der Waals surface area contributed by atoms with Gasteiger partial charge in [-0.1, -0.05) is 58.0 Å². The molecule has 38 heavy (non-hydrogen) atoms. The number of hydrogen-bond acceptors (Lipinski definition) is 6. The Morgan fingerprint density at radius 2 is 1.50 bits per heavy atom. The van der Waals surface area contributed by atoms with Gasteiger partial charge in [-0.3, -0.25) is 24.1 Å². The number of aliphatic imine (C=N–C) groups is 2. The lowest BCUT2D eigenvalue weighted by atomic mass is 9.69. The summed E-state index contributed by atoms with van der Waals surface area (Å²) in [4.78, 5) is 35.9. The third-order valence-corrected chi connectivity index (χ3v) is 13.4. The summed E-state index contributed by atoms with van der Waals surface area (Å²) < 4.78 is 20.5. The van der Waals surface area contributed by atoms with Crippen molar-refractivity contribution in [3.05, 3.63) is 35.9 Å². The van der Waals surface area contributed by atoms with Gasteiger partial charge in [0, 0.05) is 19.3 Å². The fraction of sp³-hybridized carbons (Fsp3) is 0.677. The highest BCUT2D eigenvalue weighted by molar-refractivity contribution is 7.89. The standard InChI is InChI=1S/C31H43N2O4P/c1-6-37-38(36,21-32-19-30-14-12-23(17-25(30)34)28(30,2)3)27(16-22-10-8-7-9-11-22)33-20-31-15-13-24(18-26(31)35)29(31,4)5/h7-11,21,23-24H,6,12-20H2,1-5H3. The molecule has 4 aliphatic carbocycles. The summed E-state index contributed by atoms with van der Waals surface area (Å²) in [5.41, 5.74) is 0.224. The van der Waals surface area contributed by atoms with Crippen LogP contribution in [0.3, 0.4) is 0 Å². The number of ketones is 2. The fourth-order valence-electron chi connectivity index (χ4n) is 8.22. The second-order valence-corrected chi connectivity index (χ2v) is 15.4. The van der Waals surface area contributed by atoms with Crippen LogP contribution < -0.4 is 0 Å². The molecule has 0 aliphatic heterocycles. The Bertz CT molecular complexity index is 1220.